The lowest BCUT2D eigenvalue weighted by atomic mass is 10.1. The van der Waals surface area contributed by atoms with Crippen molar-refractivity contribution in [2.45, 2.75) is 13.8 Å². The molecule has 0 N–H and O–H groups in total. The highest BCUT2D eigenvalue weighted by atomic mass is 14.0. The molecule has 0 spiro atoms. The minimum Gasteiger partial charge on any atom is -0.0984 e. The summed E-state index contributed by atoms with van der Waals surface area (Å²) in [7, 11) is 0. The summed E-state index contributed by atoms with van der Waals surface area (Å²) in [6.45, 7) is 8.13. The lowest BCUT2D eigenvalue weighted by molar-refractivity contribution is 0.836. The van der Waals surface area contributed by atoms with Crippen molar-refractivity contribution in [1.82, 2.24) is 0 Å². The number of allylic oxidation sites excluding steroid dienone is 1. The summed E-state index contributed by atoms with van der Waals surface area (Å²) in [6, 6.07) is 8.26. The van der Waals surface area contributed by atoms with E-state index in [1.807, 2.05) is 18.2 Å². The number of rotatable bonds is 3. The largest absolute Gasteiger partial charge is 0.0984 e. The van der Waals surface area contributed by atoms with Crippen LogP contribution < -0.4 is 0 Å². The summed E-state index contributed by atoms with van der Waals surface area (Å²) in [5.41, 5.74) is 2.44. The minimum absolute atomic E-state index is 0.595. The summed E-state index contributed by atoms with van der Waals surface area (Å²) in [5.74, 6) is 0.595. The van der Waals surface area contributed by atoms with E-state index >= 15 is 0 Å². The third-order valence-corrected chi connectivity index (χ3v) is 1.88. The molecule has 0 saturated carbocycles. The van der Waals surface area contributed by atoms with E-state index in [2.05, 4.69) is 44.7 Å². The van der Waals surface area contributed by atoms with Gasteiger partial charge in [0.05, 0.1) is 0 Å². The van der Waals surface area contributed by atoms with Gasteiger partial charge in [0.1, 0.15) is 0 Å². The van der Waals surface area contributed by atoms with Crippen molar-refractivity contribution >= 4 is 12.2 Å². The van der Waals surface area contributed by atoms with Gasteiger partial charge in [0.2, 0.25) is 0 Å². The van der Waals surface area contributed by atoms with Crippen LogP contribution in [0.3, 0.4) is 0 Å². The molecule has 68 valence electrons. The molecule has 0 amide bonds. The first-order valence-corrected chi connectivity index (χ1v) is 4.63. The van der Waals surface area contributed by atoms with Crippen molar-refractivity contribution in [3.8, 4) is 0 Å². The van der Waals surface area contributed by atoms with Gasteiger partial charge in [-0.15, -0.1) is 0 Å². The molecule has 0 heteroatoms. The van der Waals surface area contributed by atoms with Gasteiger partial charge in [-0.05, 0) is 17.0 Å². The van der Waals surface area contributed by atoms with E-state index in [4.69, 9.17) is 0 Å². The highest BCUT2D eigenvalue weighted by Crippen LogP contribution is 2.12. The van der Waals surface area contributed by atoms with Crippen molar-refractivity contribution in [2.75, 3.05) is 0 Å². The van der Waals surface area contributed by atoms with Crippen LogP contribution in [0.2, 0.25) is 0 Å². The zero-order valence-electron chi connectivity index (χ0n) is 8.33. The molecule has 0 nitrogen and oxygen atoms in total. The Bertz CT molecular complexity index is 306. The summed E-state index contributed by atoms with van der Waals surface area (Å²) in [6.07, 6.45) is 6.24. The van der Waals surface area contributed by atoms with Crippen molar-refractivity contribution in [1.29, 1.82) is 0 Å². The van der Waals surface area contributed by atoms with Gasteiger partial charge in [0.25, 0.3) is 0 Å². The Morgan fingerprint density at radius 2 is 1.77 bits per heavy atom. The van der Waals surface area contributed by atoms with E-state index in [1.165, 1.54) is 11.1 Å². The van der Waals surface area contributed by atoms with Crippen LogP contribution in [-0.2, 0) is 0 Å². The van der Waals surface area contributed by atoms with Crippen LogP contribution in [0, 0.1) is 5.92 Å². The van der Waals surface area contributed by atoms with Crippen molar-refractivity contribution in [2.24, 2.45) is 5.92 Å². The maximum atomic E-state index is 3.78. The normalized spacial score (nSPS) is 11.0. The lowest BCUT2D eigenvalue weighted by Gasteiger charge is -2.00. The average Bonchev–Trinajstić information content (AvgIpc) is 2.15. The van der Waals surface area contributed by atoms with Gasteiger partial charge in [-0.2, -0.15) is 0 Å². The van der Waals surface area contributed by atoms with Crippen LogP contribution in [0.5, 0.6) is 0 Å². The first kappa shape index (κ1) is 9.79. The second-order valence-corrected chi connectivity index (χ2v) is 3.44. The molecule has 0 atom stereocenters. The van der Waals surface area contributed by atoms with Gasteiger partial charge < -0.3 is 0 Å². The highest BCUT2D eigenvalue weighted by Gasteiger charge is 1.92. The van der Waals surface area contributed by atoms with Crippen LogP contribution in [0.4, 0.5) is 0 Å². The Morgan fingerprint density at radius 1 is 1.15 bits per heavy atom. The van der Waals surface area contributed by atoms with Crippen molar-refractivity contribution in [3.05, 3.63) is 48.0 Å². The number of hydrogen-bond donors (Lipinski definition) is 0. The Morgan fingerprint density at radius 3 is 2.31 bits per heavy atom. The lowest BCUT2D eigenvalue weighted by Crippen LogP contribution is -1.81. The third kappa shape index (κ3) is 2.90. The third-order valence-electron chi connectivity index (χ3n) is 1.88. The molecule has 0 bridgehead atoms. The first-order valence-electron chi connectivity index (χ1n) is 4.63. The van der Waals surface area contributed by atoms with Gasteiger partial charge in [-0.1, -0.05) is 62.9 Å². The molecule has 0 radical (unpaired) electrons. The van der Waals surface area contributed by atoms with Crippen molar-refractivity contribution in [3.63, 3.8) is 0 Å². The zero-order valence-corrected chi connectivity index (χ0v) is 8.33. The van der Waals surface area contributed by atoms with E-state index in [1.54, 1.807) is 0 Å². The molecule has 0 fully saturated rings. The fourth-order valence-electron chi connectivity index (χ4n) is 1.14. The molecule has 1 rings (SSSR count). The molecular formula is C13H16. The summed E-state index contributed by atoms with van der Waals surface area (Å²) >= 11 is 0. The standard InChI is InChI=1S/C13H16/c1-4-12-7-5-6-8-13(12)10-9-11(2)3/h4-11H,1H2,2-3H3/b10-9-. The molecule has 0 aliphatic rings. The summed E-state index contributed by atoms with van der Waals surface area (Å²) in [5, 5.41) is 0. The van der Waals surface area contributed by atoms with E-state index in [9.17, 15) is 0 Å². The fourth-order valence-corrected chi connectivity index (χ4v) is 1.14. The Kier molecular flexibility index (Phi) is 3.51. The van der Waals surface area contributed by atoms with E-state index in [0.29, 0.717) is 5.92 Å². The summed E-state index contributed by atoms with van der Waals surface area (Å²) < 4.78 is 0. The maximum absolute atomic E-state index is 3.78. The Balaban J connectivity index is 2.93. The minimum atomic E-state index is 0.595. The zero-order chi connectivity index (χ0) is 9.68. The van der Waals surface area contributed by atoms with Crippen LogP contribution in [0.15, 0.2) is 36.9 Å². The van der Waals surface area contributed by atoms with Crippen LogP contribution in [0.25, 0.3) is 12.2 Å². The van der Waals surface area contributed by atoms with Crippen molar-refractivity contribution < 1.29 is 0 Å². The molecule has 0 heterocycles. The van der Waals surface area contributed by atoms with E-state index < -0.39 is 0 Å². The fraction of sp³-hybridized carbons (Fsp3) is 0.231. The molecular weight excluding hydrogens is 156 g/mol. The second-order valence-electron chi connectivity index (χ2n) is 3.44. The quantitative estimate of drug-likeness (QED) is 0.646. The predicted octanol–water partition coefficient (Wildman–Crippen LogP) is 4.00. The van der Waals surface area contributed by atoms with Crippen LogP contribution in [-0.4, -0.2) is 0 Å². The molecule has 0 saturated heterocycles. The van der Waals surface area contributed by atoms with Gasteiger partial charge in [0.15, 0.2) is 0 Å². The molecule has 0 aromatic heterocycles. The number of benzene rings is 1. The molecule has 1 aromatic carbocycles. The molecule has 1 aromatic rings. The predicted molar refractivity (Wildman–Crippen MR) is 60.4 cm³/mol. The molecule has 0 aliphatic heterocycles. The van der Waals surface area contributed by atoms with Gasteiger partial charge >= 0.3 is 0 Å². The van der Waals surface area contributed by atoms with Gasteiger partial charge in [0, 0.05) is 0 Å². The smallest absolute Gasteiger partial charge is 0.0187 e. The number of hydrogen-bond acceptors (Lipinski definition) is 0. The van der Waals surface area contributed by atoms with Crippen LogP contribution >= 0.6 is 0 Å². The topological polar surface area (TPSA) is 0 Å². The average molecular weight is 172 g/mol. The molecule has 0 aliphatic carbocycles. The van der Waals surface area contributed by atoms with E-state index in [-0.39, 0.29) is 0 Å². The Labute approximate surface area is 80.6 Å². The van der Waals surface area contributed by atoms with E-state index in [0.717, 1.165) is 0 Å². The maximum Gasteiger partial charge on any atom is -0.0187 e. The molecule has 13 heavy (non-hydrogen) atoms. The molecule has 0 unspecified atom stereocenters. The highest BCUT2D eigenvalue weighted by molar-refractivity contribution is 5.64. The SMILES string of the molecule is C=Cc1ccccc1/C=C\C(C)C. The monoisotopic (exact) mass is 172 g/mol. The van der Waals surface area contributed by atoms with Crippen LogP contribution in [0.1, 0.15) is 25.0 Å². The summed E-state index contributed by atoms with van der Waals surface area (Å²) in [4.78, 5) is 0. The first-order chi connectivity index (χ1) is 6.24. The second kappa shape index (κ2) is 4.66. The van der Waals surface area contributed by atoms with Gasteiger partial charge in [-0.25, -0.2) is 0 Å². The Hall–Kier alpha value is -1.30. The van der Waals surface area contributed by atoms with Gasteiger partial charge in [-0.3, -0.25) is 0 Å².